The minimum Gasteiger partial charge on any atom is -0.438 e. The molecule has 0 saturated carbocycles. The van der Waals surface area contributed by atoms with E-state index in [2.05, 4.69) is 4.98 Å². The van der Waals surface area contributed by atoms with Crippen LogP contribution in [0.25, 0.3) is 0 Å². The number of hydrogen-bond acceptors (Lipinski definition) is 3. The first-order valence-corrected chi connectivity index (χ1v) is 5.43. The van der Waals surface area contributed by atoms with Crippen LogP contribution in [0.1, 0.15) is 11.1 Å². The van der Waals surface area contributed by atoms with Crippen LogP contribution in [0, 0.1) is 6.92 Å². The molecule has 2 N–H and O–H groups in total. The molecule has 0 aliphatic rings. The second-order valence-electron chi connectivity index (χ2n) is 4.03. The van der Waals surface area contributed by atoms with Gasteiger partial charge in [0.2, 0.25) is 5.88 Å². The Morgan fingerprint density at radius 2 is 1.89 bits per heavy atom. The van der Waals surface area contributed by atoms with E-state index >= 15 is 0 Å². The second kappa shape index (κ2) is 4.79. The van der Waals surface area contributed by atoms with Gasteiger partial charge < -0.3 is 10.5 Å². The van der Waals surface area contributed by atoms with Crippen molar-refractivity contribution in [1.29, 1.82) is 0 Å². The normalized spacial score (nSPS) is 11.4. The number of aromatic nitrogens is 1. The van der Waals surface area contributed by atoms with Gasteiger partial charge in [0.15, 0.2) is 0 Å². The van der Waals surface area contributed by atoms with E-state index in [0.717, 1.165) is 11.6 Å². The number of benzene rings is 1. The summed E-state index contributed by atoms with van der Waals surface area (Å²) < 4.78 is 43.7. The highest BCUT2D eigenvalue weighted by atomic mass is 19.4. The molecule has 0 amide bonds. The van der Waals surface area contributed by atoms with Crippen molar-refractivity contribution < 1.29 is 17.9 Å². The van der Waals surface area contributed by atoms with Crippen LogP contribution in [0.15, 0.2) is 36.5 Å². The Balaban J connectivity index is 2.40. The maximum atomic E-state index is 12.9. The zero-order valence-corrected chi connectivity index (χ0v) is 10.0. The molecule has 1 aromatic carbocycles. The molecule has 6 heteroatoms. The lowest BCUT2D eigenvalue weighted by Crippen LogP contribution is -2.08. The summed E-state index contributed by atoms with van der Waals surface area (Å²) in [7, 11) is 0. The van der Waals surface area contributed by atoms with Gasteiger partial charge in [0.1, 0.15) is 11.3 Å². The quantitative estimate of drug-likeness (QED) is 0.843. The number of aryl methyl sites for hydroxylation is 1. The van der Waals surface area contributed by atoms with E-state index in [1.807, 2.05) is 0 Å². The first-order valence-electron chi connectivity index (χ1n) is 5.43. The van der Waals surface area contributed by atoms with Crippen LogP contribution in [-0.2, 0) is 6.18 Å². The first kappa shape index (κ1) is 13.2. The SMILES string of the molecule is Cc1ccnc(Oc2ccc(N)cc2C(F)(F)F)c1. The van der Waals surface area contributed by atoms with Crippen LogP contribution in [-0.4, -0.2) is 4.98 Å². The van der Waals surface area contributed by atoms with E-state index in [9.17, 15) is 13.2 Å². The third-order valence-corrected chi connectivity index (χ3v) is 2.41. The molecule has 100 valence electrons. The van der Waals surface area contributed by atoms with Gasteiger partial charge in [-0.1, -0.05) is 0 Å². The molecule has 2 rings (SSSR count). The van der Waals surface area contributed by atoms with Gasteiger partial charge >= 0.3 is 6.18 Å². The van der Waals surface area contributed by atoms with Crippen LogP contribution in [0.4, 0.5) is 18.9 Å². The fourth-order valence-electron chi connectivity index (χ4n) is 1.54. The van der Waals surface area contributed by atoms with Crippen molar-refractivity contribution in [1.82, 2.24) is 4.98 Å². The fraction of sp³-hybridized carbons (Fsp3) is 0.154. The van der Waals surface area contributed by atoms with Crippen LogP contribution in [0.5, 0.6) is 11.6 Å². The molecule has 0 atom stereocenters. The van der Waals surface area contributed by atoms with Crippen molar-refractivity contribution >= 4 is 5.69 Å². The molecular weight excluding hydrogens is 257 g/mol. The van der Waals surface area contributed by atoms with E-state index in [1.165, 1.54) is 18.3 Å². The number of nitrogens with zero attached hydrogens (tertiary/aromatic N) is 1. The van der Waals surface area contributed by atoms with Crippen molar-refractivity contribution in [3.63, 3.8) is 0 Å². The van der Waals surface area contributed by atoms with Gasteiger partial charge in [0.05, 0.1) is 0 Å². The summed E-state index contributed by atoms with van der Waals surface area (Å²) in [4.78, 5) is 3.86. The van der Waals surface area contributed by atoms with Crippen molar-refractivity contribution in [3.05, 3.63) is 47.7 Å². The number of pyridine rings is 1. The number of hydrogen-bond donors (Lipinski definition) is 1. The summed E-state index contributed by atoms with van der Waals surface area (Å²) in [6.07, 6.45) is -3.07. The Hall–Kier alpha value is -2.24. The molecular formula is C13H11F3N2O. The zero-order valence-electron chi connectivity index (χ0n) is 10.0. The molecule has 0 saturated heterocycles. The van der Waals surface area contributed by atoms with Crippen molar-refractivity contribution in [3.8, 4) is 11.6 Å². The fourth-order valence-corrected chi connectivity index (χ4v) is 1.54. The lowest BCUT2D eigenvalue weighted by atomic mass is 10.1. The van der Waals surface area contributed by atoms with Gasteiger partial charge in [0.25, 0.3) is 0 Å². The zero-order chi connectivity index (χ0) is 14.0. The minimum atomic E-state index is -4.53. The van der Waals surface area contributed by atoms with Crippen LogP contribution < -0.4 is 10.5 Å². The van der Waals surface area contributed by atoms with Crippen LogP contribution >= 0.6 is 0 Å². The van der Waals surface area contributed by atoms with E-state index in [1.54, 1.807) is 19.1 Å². The maximum Gasteiger partial charge on any atom is 0.420 e. The number of alkyl halides is 3. The molecule has 0 bridgehead atoms. The Labute approximate surface area is 107 Å². The number of nitrogen functional groups attached to an aromatic ring is 1. The number of anilines is 1. The highest BCUT2D eigenvalue weighted by Crippen LogP contribution is 2.38. The van der Waals surface area contributed by atoms with Gasteiger partial charge in [-0.3, -0.25) is 0 Å². The first-order chi connectivity index (χ1) is 8.86. The average molecular weight is 268 g/mol. The van der Waals surface area contributed by atoms with Gasteiger partial charge in [0, 0.05) is 18.0 Å². The lowest BCUT2D eigenvalue weighted by Gasteiger charge is -2.13. The molecule has 0 spiro atoms. The molecule has 1 heterocycles. The predicted octanol–water partition coefficient (Wildman–Crippen LogP) is 3.78. The Morgan fingerprint density at radius 3 is 2.53 bits per heavy atom. The van der Waals surface area contributed by atoms with E-state index in [-0.39, 0.29) is 17.3 Å². The van der Waals surface area contributed by atoms with Crippen LogP contribution in [0.2, 0.25) is 0 Å². The molecule has 2 aromatic rings. The predicted molar refractivity (Wildman–Crippen MR) is 64.9 cm³/mol. The van der Waals surface area contributed by atoms with Gasteiger partial charge in [-0.2, -0.15) is 13.2 Å². The number of halogens is 3. The van der Waals surface area contributed by atoms with E-state index in [4.69, 9.17) is 10.5 Å². The Morgan fingerprint density at radius 1 is 1.16 bits per heavy atom. The average Bonchev–Trinajstić information content (AvgIpc) is 2.30. The monoisotopic (exact) mass is 268 g/mol. The largest absolute Gasteiger partial charge is 0.438 e. The van der Waals surface area contributed by atoms with E-state index in [0.29, 0.717) is 0 Å². The standard InChI is InChI=1S/C13H11F3N2O/c1-8-4-5-18-12(6-8)19-11-3-2-9(17)7-10(11)13(14,15)16/h2-7H,17H2,1H3. The highest BCUT2D eigenvalue weighted by molar-refractivity contribution is 5.50. The highest BCUT2D eigenvalue weighted by Gasteiger charge is 2.34. The summed E-state index contributed by atoms with van der Waals surface area (Å²) in [5.41, 5.74) is 5.32. The molecule has 19 heavy (non-hydrogen) atoms. The van der Waals surface area contributed by atoms with Crippen molar-refractivity contribution in [2.75, 3.05) is 5.73 Å². The second-order valence-corrected chi connectivity index (χ2v) is 4.03. The molecule has 0 fully saturated rings. The van der Waals surface area contributed by atoms with Gasteiger partial charge in [-0.15, -0.1) is 0 Å². The molecule has 1 aromatic heterocycles. The maximum absolute atomic E-state index is 12.9. The van der Waals surface area contributed by atoms with E-state index < -0.39 is 11.7 Å². The summed E-state index contributed by atoms with van der Waals surface area (Å²) in [5.74, 6) is -0.213. The number of nitrogens with two attached hydrogens (primary N) is 1. The molecule has 0 aliphatic carbocycles. The topological polar surface area (TPSA) is 48.1 Å². The third-order valence-electron chi connectivity index (χ3n) is 2.41. The molecule has 3 nitrogen and oxygen atoms in total. The Bertz CT molecular complexity index is 597. The molecule has 0 radical (unpaired) electrons. The Kier molecular flexibility index (Phi) is 3.33. The summed E-state index contributed by atoms with van der Waals surface area (Å²) in [6.45, 7) is 1.79. The third kappa shape index (κ3) is 3.15. The number of ether oxygens (including phenoxy) is 1. The summed E-state index contributed by atoms with van der Waals surface area (Å²) >= 11 is 0. The summed E-state index contributed by atoms with van der Waals surface area (Å²) in [5, 5.41) is 0. The summed E-state index contributed by atoms with van der Waals surface area (Å²) in [6, 6.07) is 6.64. The van der Waals surface area contributed by atoms with Crippen LogP contribution in [0.3, 0.4) is 0 Å². The van der Waals surface area contributed by atoms with Crippen molar-refractivity contribution in [2.45, 2.75) is 13.1 Å². The minimum absolute atomic E-state index is 0.0249. The number of rotatable bonds is 2. The molecule has 0 unspecified atom stereocenters. The van der Waals surface area contributed by atoms with Gasteiger partial charge in [-0.25, -0.2) is 4.98 Å². The van der Waals surface area contributed by atoms with Crippen molar-refractivity contribution in [2.24, 2.45) is 0 Å². The molecule has 0 aliphatic heterocycles. The smallest absolute Gasteiger partial charge is 0.420 e. The van der Waals surface area contributed by atoms with Gasteiger partial charge in [-0.05, 0) is 36.8 Å². The lowest BCUT2D eigenvalue weighted by molar-refractivity contribution is -0.138.